The Morgan fingerprint density at radius 1 is 1.12 bits per heavy atom. The first-order valence-electron chi connectivity index (χ1n) is 4.91. The van der Waals surface area contributed by atoms with Gasteiger partial charge in [-0.15, -0.1) is 0 Å². The fourth-order valence-electron chi connectivity index (χ4n) is 1.52. The zero-order chi connectivity index (χ0) is 11.8. The maximum absolute atomic E-state index is 12.8. The maximum Gasteiger partial charge on any atom is 0.228 e. The molecule has 0 aliphatic heterocycles. The standard InChI is InChI=1S/C12H6BrFN2O/c13-9-5-6-15-11-10(9)17-12(16-11)7-1-3-8(14)4-2-7/h1-6H. The lowest BCUT2D eigenvalue weighted by molar-refractivity contribution is 0.614. The van der Waals surface area contributed by atoms with Crippen LogP contribution in [-0.2, 0) is 0 Å². The molecule has 2 heterocycles. The van der Waals surface area contributed by atoms with Crippen molar-refractivity contribution in [1.82, 2.24) is 9.97 Å². The molecule has 0 spiro atoms. The molecule has 0 saturated carbocycles. The lowest BCUT2D eigenvalue weighted by atomic mass is 10.2. The SMILES string of the molecule is Fc1ccc(-c2nc3nccc(Br)c3o2)cc1. The number of hydrogen-bond donors (Lipinski definition) is 0. The molecule has 3 nitrogen and oxygen atoms in total. The quantitative estimate of drug-likeness (QED) is 0.685. The van der Waals surface area contributed by atoms with Gasteiger partial charge in [0.25, 0.3) is 0 Å². The van der Waals surface area contributed by atoms with Crippen molar-refractivity contribution in [2.45, 2.75) is 0 Å². The summed E-state index contributed by atoms with van der Waals surface area (Å²) >= 11 is 3.36. The van der Waals surface area contributed by atoms with Crippen LogP contribution in [0.2, 0.25) is 0 Å². The Morgan fingerprint density at radius 2 is 1.88 bits per heavy atom. The molecule has 17 heavy (non-hydrogen) atoms. The summed E-state index contributed by atoms with van der Waals surface area (Å²) in [5.74, 6) is 0.142. The zero-order valence-electron chi connectivity index (χ0n) is 8.52. The van der Waals surface area contributed by atoms with Gasteiger partial charge in [0, 0.05) is 11.8 Å². The molecule has 0 fully saturated rings. The van der Waals surface area contributed by atoms with E-state index in [1.54, 1.807) is 24.4 Å². The van der Waals surface area contributed by atoms with Gasteiger partial charge in [-0.25, -0.2) is 9.37 Å². The number of aromatic nitrogens is 2. The molecular weight excluding hydrogens is 287 g/mol. The van der Waals surface area contributed by atoms with Crippen LogP contribution in [0, 0.1) is 5.82 Å². The molecule has 0 amide bonds. The molecule has 0 atom stereocenters. The van der Waals surface area contributed by atoms with Crippen LogP contribution in [0.25, 0.3) is 22.7 Å². The number of fused-ring (bicyclic) bond motifs is 1. The number of pyridine rings is 1. The number of halogens is 2. The molecule has 0 radical (unpaired) electrons. The van der Waals surface area contributed by atoms with Crippen molar-refractivity contribution in [3.63, 3.8) is 0 Å². The molecule has 5 heteroatoms. The zero-order valence-corrected chi connectivity index (χ0v) is 10.1. The van der Waals surface area contributed by atoms with E-state index in [0.717, 1.165) is 10.0 Å². The predicted molar refractivity (Wildman–Crippen MR) is 64.9 cm³/mol. The summed E-state index contributed by atoms with van der Waals surface area (Å²) in [6.07, 6.45) is 1.64. The summed E-state index contributed by atoms with van der Waals surface area (Å²) < 4.78 is 19.2. The summed E-state index contributed by atoms with van der Waals surface area (Å²) in [4.78, 5) is 8.34. The van der Waals surface area contributed by atoms with Crippen LogP contribution < -0.4 is 0 Å². The van der Waals surface area contributed by atoms with Crippen molar-refractivity contribution < 1.29 is 8.81 Å². The number of hydrogen-bond acceptors (Lipinski definition) is 3. The number of rotatable bonds is 1. The molecular formula is C12H6BrFN2O. The van der Waals surface area contributed by atoms with Crippen LogP contribution in [0.5, 0.6) is 0 Å². The highest BCUT2D eigenvalue weighted by Gasteiger charge is 2.11. The number of benzene rings is 1. The van der Waals surface area contributed by atoms with Crippen LogP contribution in [0.4, 0.5) is 4.39 Å². The van der Waals surface area contributed by atoms with E-state index in [4.69, 9.17) is 4.42 Å². The summed E-state index contributed by atoms with van der Waals surface area (Å²) in [5.41, 5.74) is 1.84. The predicted octanol–water partition coefficient (Wildman–Crippen LogP) is 3.79. The minimum atomic E-state index is -0.288. The van der Waals surface area contributed by atoms with Crippen LogP contribution >= 0.6 is 15.9 Å². The molecule has 0 bridgehead atoms. The van der Waals surface area contributed by atoms with Gasteiger partial charge < -0.3 is 4.42 Å². The van der Waals surface area contributed by atoms with Crippen LogP contribution in [-0.4, -0.2) is 9.97 Å². The molecule has 0 aliphatic rings. The van der Waals surface area contributed by atoms with Gasteiger partial charge in [-0.3, -0.25) is 0 Å². The molecule has 3 rings (SSSR count). The number of nitrogens with zero attached hydrogens (tertiary/aromatic N) is 2. The smallest absolute Gasteiger partial charge is 0.228 e. The monoisotopic (exact) mass is 292 g/mol. The molecule has 0 saturated heterocycles. The highest BCUT2D eigenvalue weighted by molar-refractivity contribution is 9.10. The van der Waals surface area contributed by atoms with Gasteiger partial charge >= 0.3 is 0 Å². The van der Waals surface area contributed by atoms with Crippen LogP contribution in [0.1, 0.15) is 0 Å². The third-order valence-electron chi connectivity index (χ3n) is 2.34. The largest absolute Gasteiger partial charge is 0.433 e. The van der Waals surface area contributed by atoms with Gasteiger partial charge in [0.2, 0.25) is 5.89 Å². The Morgan fingerprint density at radius 3 is 2.59 bits per heavy atom. The molecule has 0 unspecified atom stereocenters. The third kappa shape index (κ3) is 1.82. The third-order valence-corrected chi connectivity index (χ3v) is 2.96. The second kappa shape index (κ2) is 3.92. The highest BCUT2D eigenvalue weighted by Crippen LogP contribution is 2.27. The van der Waals surface area contributed by atoms with Crippen molar-refractivity contribution in [1.29, 1.82) is 0 Å². The lowest BCUT2D eigenvalue weighted by Gasteiger charge is -1.93. The molecule has 3 aromatic rings. The van der Waals surface area contributed by atoms with Gasteiger partial charge in [0.05, 0.1) is 4.47 Å². The summed E-state index contributed by atoms with van der Waals surface area (Å²) in [5, 5.41) is 0. The average Bonchev–Trinajstić information content (AvgIpc) is 2.75. The van der Waals surface area contributed by atoms with Crippen molar-refractivity contribution in [3.05, 3.63) is 46.8 Å². The molecule has 0 aliphatic carbocycles. The van der Waals surface area contributed by atoms with E-state index in [9.17, 15) is 4.39 Å². The van der Waals surface area contributed by atoms with Crippen molar-refractivity contribution >= 4 is 27.2 Å². The van der Waals surface area contributed by atoms with E-state index in [2.05, 4.69) is 25.9 Å². The Bertz CT molecular complexity index is 679. The Labute approximate surface area is 104 Å². The topological polar surface area (TPSA) is 38.9 Å². The van der Waals surface area contributed by atoms with E-state index < -0.39 is 0 Å². The van der Waals surface area contributed by atoms with E-state index >= 15 is 0 Å². The second-order valence-electron chi connectivity index (χ2n) is 3.47. The second-order valence-corrected chi connectivity index (χ2v) is 4.33. The van der Waals surface area contributed by atoms with E-state index in [-0.39, 0.29) is 5.82 Å². The fraction of sp³-hybridized carbons (Fsp3) is 0. The Kier molecular flexibility index (Phi) is 2.40. The van der Waals surface area contributed by atoms with E-state index in [1.807, 2.05) is 0 Å². The van der Waals surface area contributed by atoms with Crippen molar-refractivity contribution in [2.75, 3.05) is 0 Å². The highest BCUT2D eigenvalue weighted by atomic mass is 79.9. The summed E-state index contributed by atoms with van der Waals surface area (Å²) in [6, 6.07) is 7.75. The van der Waals surface area contributed by atoms with Gasteiger partial charge in [0.15, 0.2) is 11.2 Å². The van der Waals surface area contributed by atoms with Gasteiger partial charge in [-0.05, 0) is 46.3 Å². The minimum Gasteiger partial charge on any atom is -0.433 e. The summed E-state index contributed by atoms with van der Waals surface area (Å²) in [6.45, 7) is 0. The maximum atomic E-state index is 12.8. The van der Waals surface area contributed by atoms with Gasteiger partial charge in [-0.1, -0.05) is 0 Å². The first kappa shape index (κ1) is 10.4. The lowest BCUT2D eigenvalue weighted by Crippen LogP contribution is -1.78. The summed E-state index contributed by atoms with van der Waals surface area (Å²) in [7, 11) is 0. The van der Waals surface area contributed by atoms with E-state index in [0.29, 0.717) is 17.1 Å². The molecule has 0 N–H and O–H groups in total. The van der Waals surface area contributed by atoms with Gasteiger partial charge in [-0.2, -0.15) is 4.98 Å². The Balaban J connectivity index is 2.18. The number of oxazole rings is 1. The fourth-order valence-corrected chi connectivity index (χ4v) is 1.90. The first-order valence-corrected chi connectivity index (χ1v) is 5.70. The normalized spacial score (nSPS) is 10.9. The average molecular weight is 293 g/mol. The molecule has 1 aromatic carbocycles. The van der Waals surface area contributed by atoms with Crippen molar-refractivity contribution in [2.24, 2.45) is 0 Å². The first-order chi connectivity index (χ1) is 8.24. The molecule has 2 aromatic heterocycles. The van der Waals surface area contributed by atoms with Crippen LogP contribution in [0.3, 0.4) is 0 Å². The van der Waals surface area contributed by atoms with Gasteiger partial charge in [0.1, 0.15) is 5.82 Å². The van der Waals surface area contributed by atoms with Crippen LogP contribution in [0.15, 0.2) is 45.4 Å². The van der Waals surface area contributed by atoms with Crippen molar-refractivity contribution in [3.8, 4) is 11.5 Å². The Hall–Kier alpha value is -1.75. The molecule has 84 valence electrons. The minimum absolute atomic E-state index is 0.288. The van der Waals surface area contributed by atoms with E-state index in [1.165, 1.54) is 12.1 Å².